The summed E-state index contributed by atoms with van der Waals surface area (Å²) in [6, 6.07) is -1.96. The Hall–Kier alpha value is -4.87. The van der Waals surface area contributed by atoms with Gasteiger partial charge in [0.1, 0.15) is 48.3 Å². The molecule has 4 aliphatic heterocycles. The first kappa shape index (κ1) is 57.3. The maximum atomic E-state index is 13.4. The Balaban J connectivity index is 0.00000499. The van der Waals surface area contributed by atoms with Crippen molar-refractivity contribution in [3.8, 4) is 5.75 Å². The van der Waals surface area contributed by atoms with E-state index >= 15 is 0 Å². The number of halogens is 3. The summed E-state index contributed by atoms with van der Waals surface area (Å²) in [5, 5.41) is 41.4. The lowest BCUT2D eigenvalue weighted by Crippen LogP contribution is -2.70. The van der Waals surface area contributed by atoms with E-state index in [4.69, 9.17) is 57.1 Å². The topological polar surface area (TPSA) is 408 Å². The molecule has 29 heteroatoms. The fraction of sp³-hybridized carbons (Fsp3) is 0.622. The number of carbonyl (C=O) groups is 5. The molecule has 0 unspecified atom stereocenters. The Morgan fingerprint density at radius 2 is 1.53 bits per heavy atom. The predicted molar refractivity (Wildman–Crippen MR) is 243 cm³/mol. The number of nitrogens with two attached hydrogens (primary N) is 5. The predicted octanol–water partition coefficient (Wildman–Crippen LogP) is -3.40. The van der Waals surface area contributed by atoms with E-state index in [0.717, 1.165) is 32.4 Å². The SMILES string of the molecule is C[C@H]1O[C@H](Oc2ccc(/C=C/C(=O)NCCCNCCCCN)cc2)[C@H](N=C(N)N)[C@@H](O)[C@@H]1NC(=O)N[C@H]1OC[C@@H](O[C@@H]2OC[C@H]3OC(=O)N[C@@H]3[C@H]2NC(N)=O)[C@H](O)[C@H]1NC(N)=O.Cl.Cl.Cl. The van der Waals surface area contributed by atoms with Crippen LogP contribution < -0.4 is 70.6 Å². The van der Waals surface area contributed by atoms with Gasteiger partial charge in [-0.2, -0.15) is 0 Å². The number of aliphatic hydroxyl groups excluding tert-OH is 2. The molecule has 0 spiro atoms. The number of rotatable bonds is 19. The van der Waals surface area contributed by atoms with Crippen LogP contribution in [-0.2, 0) is 28.5 Å². The minimum Gasteiger partial charge on any atom is -0.462 e. The Bertz CT molecular complexity index is 1790. The van der Waals surface area contributed by atoms with E-state index in [9.17, 15) is 34.2 Å². The lowest BCUT2D eigenvalue weighted by atomic mass is 9.95. The minimum absolute atomic E-state index is 0. The molecular formula is C37H62Cl3N13O13. The van der Waals surface area contributed by atoms with E-state index in [0.29, 0.717) is 24.4 Å². The molecule has 4 aliphatic rings. The van der Waals surface area contributed by atoms with Gasteiger partial charge in [-0.05, 0) is 69.6 Å². The van der Waals surface area contributed by atoms with E-state index in [1.54, 1.807) is 37.3 Å². The molecule has 66 heavy (non-hydrogen) atoms. The summed E-state index contributed by atoms with van der Waals surface area (Å²) in [7, 11) is 0. The summed E-state index contributed by atoms with van der Waals surface area (Å²) >= 11 is 0. The highest BCUT2D eigenvalue weighted by Gasteiger charge is 2.51. The summed E-state index contributed by atoms with van der Waals surface area (Å²) in [4.78, 5) is 65.5. The van der Waals surface area contributed by atoms with Gasteiger partial charge < -0.3 is 105 Å². The van der Waals surface area contributed by atoms with Crippen molar-refractivity contribution < 1.29 is 62.6 Å². The molecule has 13 atom stereocenters. The Morgan fingerprint density at radius 1 is 0.848 bits per heavy atom. The van der Waals surface area contributed by atoms with Crippen LogP contribution in [0.25, 0.3) is 6.08 Å². The first-order valence-electron chi connectivity index (χ1n) is 20.4. The maximum Gasteiger partial charge on any atom is 0.407 e. The lowest BCUT2D eigenvalue weighted by Gasteiger charge is -2.44. The molecule has 0 radical (unpaired) electrons. The maximum absolute atomic E-state index is 13.4. The first-order chi connectivity index (χ1) is 30.1. The number of carbonyl (C=O) groups excluding carboxylic acids is 5. The zero-order chi connectivity index (χ0) is 45.6. The van der Waals surface area contributed by atoms with Crippen LogP contribution in [0.4, 0.5) is 19.2 Å². The van der Waals surface area contributed by atoms with Crippen LogP contribution in [0.1, 0.15) is 31.7 Å². The van der Waals surface area contributed by atoms with Crippen LogP contribution >= 0.6 is 37.2 Å². The van der Waals surface area contributed by atoms with Gasteiger partial charge in [0.25, 0.3) is 0 Å². The number of nitrogens with zero attached hydrogens (tertiary/aromatic N) is 1. The number of alkyl carbamates (subject to hydrolysis) is 1. The van der Waals surface area contributed by atoms with Crippen LogP contribution in [-0.4, -0.2) is 165 Å². The fourth-order valence-electron chi connectivity index (χ4n) is 7.33. The highest BCUT2D eigenvalue weighted by molar-refractivity contribution is 5.91. The average Bonchev–Trinajstić information content (AvgIpc) is 3.62. The smallest absolute Gasteiger partial charge is 0.407 e. The van der Waals surface area contributed by atoms with Crippen LogP contribution in [0.5, 0.6) is 5.75 Å². The molecule has 0 saturated carbocycles. The van der Waals surface area contributed by atoms with Crippen molar-refractivity contribution in [2.45, 2.75) is 106 Å². The Labute approximate surface area is 398 Å². The van der Waals surface area contributed by atoms with E-state index < -0.39 is 110 Å². The number of fused-ring (bicyclic) bond motifs is 1. The fourth-order valence-corrected chi connectivity index (χ4v) is 7.33. The first-order valence-corrected chi connectivity index (χ1v) is 20.4. The van der Waals surface area contributed by atoms with Crippen LogP contribution in [0, 0.1) is 0 Å². The summed E-state index contributed by atoms with van der Waals surface area (Å²) < 4.78 is 34.6. The third-order valence-electron chi connectivity index (χ3n) is 10.4. The van der Waals surface area contributed by atoms with Crippen molar-refractivity contribution in [2.24, 2.45) is 33.7 Å². The van der Waals surface area contributed by atoms with Gasteiger partial charge in [-0.3, -0.25) is 4.79 Å². The third-order valence-corrected chi connectivity index (χ3v) is 10.4. The number of hydrogen-bond acceptors (Lipinski definition) is 16. The molecule has 4 fully saturated rings. The van der Waals surface area contributed by atoms with Gasteiger partial charge in [-0.15, -0.1) is 37.2 Å². The van der Waals surface area contributed by atoms with E-state index in [1.165, 1.54) is 6.08 Å². The monoisotopic (exact) mass is 1000 g/mol. The molecule has 8 amide bonds. The van der Waals surface area contributed by atoms with E-state index in [1.807, 2.05) is 0 Å². The number of nitrogens with one attached hydrogen (secondary N) is 7. The normalized spacial score (nSPS) is 29.9. The molecule has 0 aliphatic carbocycles. The molecule has 5 rings (SSSR count). The van der Waals surface area contributed by atoms with Crippen molar-refractivity contribution in [3.05, 3.63) is 35.9 Å². The van der Waals surface area contributed by atoms with Gasteiger partial charge in [-0.25, -0.2) is 24.2 Å². The molecule has 1 aromatic rings. The van der Waals surface area contributed by atoms with Gasteiger partial charge in [-0.1, -0.05) is 12.1 Å². The number of urea groups is 3. The standard InChI is InChI=1S/C37H59N13O13.3ClH/c1-17-23(29(53)27(45-33(39)40)32(60-17)61-19-8-5-18(6-9-19)7-10-22(51)44-14-4-13-43-12-3-2-11-38)48-36(56)50-30-26(47-35(42)55)28(52)21(16-58-30)62-31-25(46-34(41)54)24-20(15-59-31)63-37(57)49-24;;;/h5-10,17,20-21,23-32,43,52-53H,2-4,11-16,38H2,1H3,(H,44,51)(H,49,57)(H4,39,40,45)(H3,41,46,54)(H3,42,47,55)(H2,48,50,56);3*1H/b10-7+;;;/t17-,20-,21-,23-,24+,25-,26-,27-,28+,29+,30+,31+,32-;;;/m1.../s1. The number of unbranched alkanes of at least 4 members (excludes halogenated alkanes) is 1. The average molecular weight is 1000 g/mol. The molecule has 0 bridgehead atoms. The number of ether oxygens (including phenoxy) is 6. The number of aliphatic imine (C=N–C) groups is 1. The van der Waals surface area contributed by atoms with Crippen LogP contribution in [0.3, 0.4) is 0 Å². The van der Waals surface area contributed by atoms with E-state index in [2.05, 4.69) is 42.2 Å². The quantitative estimate of drug-likeness (QED) is 0.0278. The number of aliphatic hydroxyl groups is 2. The van der Waals surface area contributed by atoms with Gasteiger partial charge in [0.2, 0.25) is 12.2 Å². The van der Waals surface area contributed by atoms with Gasteiger partial charge >= 0.3 is 24.2 Å². The second-order valence-electron chi connectivity index (χ2n) is 15.1. The molecule has 4 heterocycles. The lowest BCUT2D eigenvalue weighted by molar-refractivity contribution is -0.260. The highest BCUT2D eigenvalue weighted by Crippen LogP contribution is 2.29. The number of guanidine groups is 1. The number of amides is 8. The van der Waals surface area contributed by atoms with Crippen LogP contribution in [0.15, 0.2) is 35.3 Å². The summed E-state index contributed by atoms with van der Waals surface area (Å²) in [6.45, 7) is 3.91. The van der Waals surface area contributed by atoms with Crippen molar-refractivity contribution in [2.75, 3.05) is 39.4 Å². The molecular weight excluding hydrogens is 941 g/mol. The second kappa shape index (κ2) is 27.7. The van der Waals surface area contributed by atoms with Gasteiger partial charge in [0.15, 0.2) is 18.5 Å². The largest absolute Gasteiger partial charge is 0.462 e. The molecule has 4 saturated heterocycles. The van der Waals surface area contributed by atoms with E-state index in [-0.39, 0.29) is 56.3 Å². The van der Waals surface area contributed by atoms with Crippen molar-refractivity contribution in [1.29, 1.82) is 0 Å². The molecule has 19 N–H and O–H groups in total. The molecule has 26 nitrogen and oxygen atoms in total. The second-order valence-corrected chi connectivity index (χ2v) is 15.1. The molecule has 1 aromatic carbocycles. The molecule has 0 aromatic heterocycles. The Kier molecular flexibility index (Phi) is 24.0. The number of primary amides is 2. The number of benzene rings is 1. The third kappa shape index (κ3) is 16.5. The zero-order valence-electron chi connectivity index (χ0n) is 35.8. The van der Waals surface area contributed by atoms with Crippen molar-refractivity contribution >= 4 is 79.4 Å². The summed E-state index contributed by atoms with van der Waals surface area (Å²) in [5.41, 5.74) is 28.3. The minimum atomic E-state index is -1.60. The van der Waals surface area contributed by atoms with Gasteiger partial charge in [0.05, 0.1) is 31.4 Å². The summed E-state index contributed by atoms with van der Waals surface area (Å²) in [6.07, 6.45) is -4.84. The highest BCUT2D eigenvalue weighted by atomic mass is 35.5. The zero-order valence-corrected chi connectivity index (χ0v) is 38.2. The van der Waals surface area contributed by atoms with Crippen molar-refractivity contribution in [3.63, 3.8) is 0 Å². The van der Waals surface area contributed by atoms with Gasteiger partial charge in [0, 0.05) is 12.6 Å². The number of hydrogen-bond donors (Lipinski definition) is 14. The Morgan fingerprint density at radius 3 is 2.20 bits per heavy atom. The molecule has 374 valence electrons. The summed E-state index contributed by atoms with van der Waals surface area (Å²) in [5.74, 6) is -0.317. The van der Waals surface area contributed by atoms with Crippen LogP contribution in [0.2, 0.25) is 0 Å². The van der Waals surface area contributed by atoms with Crippen molar-refractivity contribution in [1.82, 2.24) is 37.2 Å².